The summed E-state index contributed by atoms with van der Waals surface area (Å²) in [5, 5.41) is 12.4. The molecular weight excluding hydrogens is 270 g/mol. The Hall–Kier alpha value is -2.08. The maximum atomic E-state index is 12.3. The largest absolute Gasteiger partial charge is 0.390 e. The van der Waals surface area contributed by atoms with Crippen LogP contribution in [0.5, 0.6) is 0 Å². The highest BCUT2D eigenvalue weighted by molar-refractivity contribution is 5.94. The van der Waals surface area contributed by atoms with Gasteiger partial charge >= 0.3 is 6.03 Å². The van der Waals surface area contributed by atoms with Gasteiger partial charge in [-0.1, -0.05) is 12.1 Å². The molecule has 1 aromatic rings. The Bertz CT molecular complexity index is 515. The van der Waals surface area contributed by atoms with Gasteiger partial charge in [0.05, 0.1) is 5.60 Å². The quantitative estimate of drug-likeness (QED) is 0.770. The first-order chi connectivity index (χ1) is 9.87. The summed E-state index contributed by atoms with van der Waals surface area (Å²) in [5.41, 5.74) is 5.83. The zero-order chi connectivity index (χ0) is 15.5. The van der Waals surface area contributed by atoms with Crippen LogP contribution in [0.2, 0.25) is 0 Å². The van der Waals surface area contributed by atoms with Crippen LogP contribution in [-0.4, -0.2) is 40.6 Å². The van der Waals surface area contributed by atoms with E-state index in [1.165, 1.54) is 0 Å². The Balaban J connectivity index is 1.95. The first kappa shape index (κ1) is 15.3. The second kappa shape index (κ2) is 6.13. The van der Waals surface area contributed by atoms with Gasteiger partial charge in [-0.25, -0.2) is 4.79 Å². The molecule has 4 N–H and O–H groups in total. The molecule has 1 aliphatic rings. The van der Waals surface area contributed by atoms with Gasteiger partial charge in [0.1, 0.15) is 0 Å². The lowest BCUT2D eigenvalue weighted by molar-refractivity contribution is -0.00202. The van der Waals surface area contributed by atoms with Crippen LogP contribution in [0.4, 0.5) is 4.79 Å². The van der Waals surface area contributed by atoms with Crippen molar-refractivity contribution in [2.45, 2.75) is 31.9 Å². The molecule has 1 saturated heterocycles. The topological polar surface area (TPSA) is 95.7 Å². The third-order valence-electron chi connectivity index (χ3n) is 3.80. The monoisotopic (exact) mass is 291 g/mol. The van der Waals surface area contributed by atoms with Crippen LogP contribution in [-0.2, 0) is 6.54 Å². The molecule has 0 unspecified atom stereocenters. The van der Waals surface area contributed by atoms with E-state index in [0.29, 0.717) is 38.0 Å². The second-order valence-electron chi connectivity index (χ2n) is 5.70. The second-order valence-corrected chi connectivity index (χ2v) is 5.70. The van der Waals surface area contributed by atoms with Gasteiger partial charge in [0.2, 0.25) is 0 Å². The van der Waals surface area contributed by atoms with Crippen molar-refractivity contribution >= 4 is 11.9 Å². The highest BCUT2D eigenvalue weighted by Gasteiger charge is 2.29. The van der Waals surface area contributed by atoms with Crippen molar-refractivity contribution in [2.75, 3.05) is 13.1 Å². The maximum absolute atomic E-state index is 12.3. The lowest BCUT2D eigenvalue weighted by Crippen LogP contribution is -2.45. The molecule has 1 aliphatic heterocycles. The molecule has 0 bridgehead atoms. The fourth-order valence-corrected chi connectivity index (χ4v) is 2.33. The number of primary amides is 1. The van der Waals surface area contributed by atoms with E-state index in [-0.39, 0.29) is 5.91 Å². The Labute approximate surface area is 123 Å². The predicted molar refractivity (Wildman–Crippen MR) is 78.6 cm³/mol. The van der Waals surface area contributed by atoms with Gasteiger partial charge in [-0.2, -0.15) is 0 Å². The van der Waals surface area contributed by atoms with Crippen molar-refractivity contribution in [3.8, 4) is 0 Å². The number of piperidine rings is 1. The van der Waals surface area contributed by atoms with Crippen LogP contribution in [0, 0.1) is 0 Å². The summed E-state index contributed by atoms with van der Waals surface area (Å²) in [4.78, 5) is 24.7. The van der Waals surface area contributed by atoms with E-state index in [9.17, 15) is 14.7 Å². The third-order valence-corrected chi connectivity index (χ3v) is 3.80. The number of rotatable bonds is 3. The zero-order valence-corrected chi connectivity index (χ0v) is 12.1. The van der Waals surface area contributed by atoms with Crippen LogP contribution in [0.1, 0.15) is 35.7 Å². The number of carbonyl (C=O) groups is 2. The molecule has 0 atom stereocenters. The number of carbonyl (C=O) groups excluding carboxylic acids is 2. The van der Waals surface area contributed by atoms with E-state index in [1.54, 1.807) is 36.1 Å². The summed E-state index contributed by atoms with van der Waals surface area (Å²) in [6.07, 6.45) is 1.19. The minimum Gasteiger partial charge on any atom is -0.390 e. The summed E-state index contributed by atoms with van der Waals surface area (Å²) in [6.45, 7) is 3.28. The molecule has 114 valence electrons. The van der Waals surface area contributed by atoms with Crippen molar-refractivity contribution in [1.82, 2.24) is 10.2 Å². The minimum absolute atomic E-state index is 0.0279. The number of hydrogen-bond donors (Lipinski definition) is 3. The summed E-state index contributed by atoms with van der Waals surface area (Å²) < 4.78 is 0. The first-order valence-corrected chi connectivity index (χ1v) is 7.01. The molecule has 6 nitrogen and oxygen atoms in total. The van der Waals surface area contributed by atoms with Crippen LogP contribution in [0.15, 0.2) is 24.3 Å². The summed E-state index contributed by atoms with van der Waals surface area (Å²) >= 11 is 0. The molecule has 0 radical (unpaired) electrons. The van der Waals surface area contributed by atoms with Gasteiger partial charge in [0.15, 0.2) is 0 Å². The number of amides is 3. The standard InChI is InChI=1S/C15H21N3O3/c1-15(21)6-8-18(9-7-15)13(19)12-4-2-11(3-5-12)10-17-14(16)20/h2-5,21H,6-10H2,1H3,(H3,16,17,20). The number of nitrogens with zero attached hydrogens (tertiary/aromatic N) is 1. The predicted octanol–water partition coefficient (Wildman–Crippen LogP) is 0.842. The fraction of sp³-hybridized carbons (Fsp3) is 0.467. The number of nitrogens with one attached hydrogen (secondary N) is 1. The van der Waals surface area contributed by atoms with Crippen LogP contribution in [0.25, 0.3) is 0 Å². The number of aliphatic hydroxyl groups is 1. The van der Waals surface area contributed by atoms with E-state index < -0.39 is 11.6 Å². The smallest absolute Gasteiger partial charge is 0.312 e. The molecule has 1 fully saturated rings. The van der Waals surface area contributed by atoms with Gasteiger partial charge in [-0.05, 0) is 37.5 Å². The van der Waals surface area contributed by atoms with E-state index in [0.717, 1.165) is 5.56 Å². The molecule has 3 amide bonds. The van der Waals surface area contributed by atoms with Gasteiger partial charge in [-0.3, -0.25) is 4.79 Å². The molecule has 0 spiro atoms. The first-order valence-electron chi connectivity index (χ1n) is 7.01. The number of hydrogen-bond acceptors (Lipinski definition) is 3. The summed E-state index contributed by atoms with van der Waals surface area (Å²) in [6, 6.07) is 6.50. The van der Waals surface area contributed by atoms with E-state index in [4.69, 9.17) is 5.73 Å². The van der Waals surface area contributed by atoms with Gasteiger partial charge in [0, 0.05) is 25.2 Å². The molecule has 1 aromatic carbocycles. The van der Waals surface area contributed by atoms with Crippen molar-refractivity contribution in [1.29, 1.82) is 0 Å². The Morgan fingerprint density at radius 3 is 2.38 bits per heavy atom. The Morgan fingerprint density at radius 1 is 1.29 bits per heavy atom. The van der Waals surface area contributed by atoms with Crippen LogP contribution >= 0.6 is 0 Å². The fourth-order valence-electron chi connectivity index (χ4n) is 2.33. The highest BCUT2D eigenvalue weighted by Crippen LogP contribution is 2.22. The number of nitrogens with two attached hydrogens (primary N) is 1. The summed E-state index contributed by atoms with van der Waals surface area (Å²) in [5.74, 6) is -0.0279. The number of likely N-dealkylation sites (tertiary alicyclic amines) is 1. The van der Waals surface area contributed by atoms with Gasteiger partial charge in [0.25, 0.3) is 5.91 Å². The van der Waals surface area contributed by atoms with Crippen LogP contribution < -0.4 is 11.1 Å². The lowest BCUT2D eigenvalue weighted by Gasteiger charge is -2.35. The number of benzene rings is 1. The molecule has 21 heavy (non-hydrogen) atoms. The van der Waals surface area contributed by atoms with Gasteiger partial charge in [-0.15, -0.1) is 0 Å². The molecular formula is C15H21N3O3. The van der Waals surface area contributed by atoms with Crippen molar-refractivity contribution in [2.24, 2.45) is 5.73 Å². The highest BCUT2D eigenvalue weighted by atomic mass is 16.3. The molecule has 1 heterocycles. The Kier molecular flexibility index (Phi) is 4.47. The molecule has 0 aliphatic carbocycles. The minimum atomic E-state index is -0.666. The third kappa shape index (κ3) is 4.19. The van der Waals surface area contributed by atoms with Crippen molar-refractivity contribution < 1.29 is 14.7 Å². The average Bonchev–Trinajstić information content (AvgIpc) is 2.45. The molecule has 2 rings (SSSR count). The molecule has 0 saturated carbocycles. The molecule has 6 heteroatoms. The zero-order valence-electron chi connectivity index (χ0n) is 12.1. The normalized spacial score (nSPS) is 17.3. The Morgan fingerprint density at radius 2 is 1.86 bits per heavy atom. The maximum Gasteiger partial charge on any atom is 0.312 e. The summed E-state index contributed by atoms with van der Waals surface area (Å²) in [7, 11) is 0. The van der Waals surface area contributed by atoms with E-state index >= 15 is 0 Å². The SMILES string of the molecule is CC1(O)CCN(C(=O)c2ccc(CNC(N)=O)cc2)CC1. The van der Waals surface area contributed by atoms with Crippen molar-refractivity contribution in [3.05, 3.63) is 35.4 Å². The average molecular weight is 291 g/mol. The lowest BCUT2D eigenvalue weighted by atomic mass is 9.93. The van der Waals surface area contributed by atoms with Crippen molar-refractivity contribution in [3.63, 3.8) is 0 Å². The van der Waals surface area contributed by atoms with E-state index in [2.05, 4.69) is 5.32 Å². The van der Waals surface area contributed by atoms with E-state index in [1.807, 2.05) is 0 Å². The molecule has 0 aromatic heterocycles. The van der Waals surface area contributed by atoms with Crippen LogP contribution in [0.3, 0.4) is 0 Å². The number of urea groups is 1. The van der Waals surface area contributed by atoms with Gasteiger partial charge < -0.3 is 21.1 Å².